The van der Waals surface area contributed by atoms with Crippen molar-refractivity contribution in [1.82, 2.24) is 10.2 Å². The number of hydrogen-bond acceptors (Lipinski definition) is 3. The van der Waals surface area contributed by atoms with Crippen LogP contribution in [0.1, 0.15) is 38.8 Å². The van der Waals surface area contributed by atoms with Gasteiger partial charge in [0.05, 0.1) is 4.47 Å². The second kappa shape index (κ2) is 12.5. The first-order valence-electron chi connectivity index (χ1n) is 10.5. The van der Waals surface area contributed by atoms with Crippen LogP contribution in [0.2, 0.25) is 10.0 Å². The van der Waals surface area contributed by atoms with Crippen molar-refractivity contribution in [2.75, 3.05) is 13.2 Å². The lowest BCUT2D eigenvalue weighted by Crippen LogP contribution is -2.49. The van der Waals surface area contributed by atoms with Gasteiger partial charge in [0.1, 0.15) is 11.8 Å². The standard InChI is InChI=1S/C24H29BrCl2N2O3/c1-5-17-6-9-22(20(25)10-17)32-14-23(30)29(16(4)24(31)28-12-15(2)3)13-18-7-8-19(26)11-21(18)27/h6-11,15-16H,5,12-14H2,1-4H3,(H,28,31). The quantitative estimate of drug-likeness (QED) is 0.406. The number of benzene rings is 2. The second-order valence-electron chi connectivity index (χ2n) is 7.98. The van der Waals surface area contributed by atoms with Gasteiger partial charge in [-0.3, -0.25) is 9.59 Å². The first-order valence-corrected chi connectivity index (χ1v) is 12.1. The molecule has 8 heteroatoms. The maximum atomic E-state index is 13.2. The zero-order chi connectivity index (χ0) is 23.8. The Kier molecular flexibility index (Phi) is 10.3. The van der Waals surface area contributed by atoms with Gasteiger partial charge in [0.2, 0.25) is 5.91 Å². The molecule has 0 spiro atoms. The summed E-state index contributed by atoms with van der Waals surface area (Å²) in [7, 11) is 0. The van der Waals surface area contributed by atoms with E-state index in [4.69, 9.17) is 27.9 Å². The number of carbonyl (C=O) groups is 2. The van der Waals surface area contributed by atoms with Crippen molar-refractivity contribution in [3.63, 3.8) is 0 Å². The van der Waals surface area contributed by atoms with Crippen molar-refractivity contribution >= 4 is 50.9 Å². The van der Waals surface area contributed by atoms with Gasteiger partial charge in [-0.05, 0) is 70.6 Å². The molecule has 2 aromatic carbocycles. The zero-order valence-corrected chi connectivity index (χ0v) is 21.9. The number of carbonyl (C=O) groups excluding carboxylic acids is 2. The molecule has 5 nitrogen and oxygen atoms in total. The van der Waals surface area contributed by atoms with Crippen molar-refractivity contribution in [3.8, 4) is 5.75 Å². The highest BCUT2D eigenvalue weighted by atomic mass is 79.9. The maximum absolute atomic E-state index is 13.2. The van der Waals surface area contributed by atoms with E-state index >= 15 is 0 Å². The minimum Gasteiger partial charge on any atom is -0.483 e. The number of ether oxygens (including phenoxy) is 1. The minimum absolute atomic E-state index is 0.157. The third kappa shape index (κ3) is 7.68. The predicted molar refractivity (Wildman–Crippen MR) is 133 cm³/mol. The lowest BCUT2D eigenvalue weighted by Gasteiger charge is -2.29. The Hall–Kier alpha value is -1.76. The van der Waals surface area contributed by atoms with Crippen LogP contribution in [-0.4, -0.2) is 35.9 Å². The normalized spacial score (nSPS) is 11.9. The minimum atomic E-state index is -0.706. The van der Waals surface area contributed by atoms with Crippen LogP contribution in [0.15, 0.2) is 40.9 Å². The number of nitrogens with one attached hydrogen (secondary N) is 1. The average molecular weight is 544 g/mol. The Balaban J connectivity index is 2.19. The largest absolute Gasteiger partial charge is 0.483 e. The Labute approximate surface area is 208 Å². The molecule has 0 heterocycles. The molecule has 0 bridgehead atoms. The molecule has 0 saturated heterocycles. The molecule has 2 rings (SSSR count). The number of rotatable bonds is 10. The van der Waals surface area contributed by atoms with Crippen LogP contribution in [0.5, 0.6) is 5.75 Å². The smallest absolute Gasteiger partial charge is 0.261 e. The molecule has 1 atom stereocenters. The van der Waals surface area contributed by atoms with E-state index < -0.39 is 6.04 Å². The van der Waals surface area contributed by atoms with Crippen molar-refractivity contribution in [3.05, 3.63) is 62.0 Å². The van der Waals surface area contributed by atoms with E-state index in [9.17, 15) is 9.59 Å². The number of halogens is 3. The van der Waals surface area contributed by atoms with Crippen molar-refractivity contribution < 1.29 is 14.3 Å². The van der Waals surface area contributed by atoms with Crippen LogP contribution in [-0.2, 0) is 22.6 Å². The Morgan fingerprint density at radius 3 is 2.44 bits per heavy atom. The molecule has 0 aliphatic heterocycles. The van der Waals surface area contributed by atoms with E-state index in [1.807, 2.05) is 32.0 Å². The molecule has 1 N–H and O–H groups in total. The average Bonchev–Trinajstić information content (AvgIpc) is 2.75. The fourth-order valence-electron chi connectivity index (χ4n) is 2.97. The summed E-state index contributed by atoms with van der Waals surface area (Å²) in [5.74, 6) is 0.310. The summed E-state index contributed by atoms with van der Waals surface area (Å²) in [4.78, 5) is 27.3. The highest BCUT2D eigenvalue weighted by Crippen LogP contribution is 2.27. The molecule has 0 aliphatic rings. The van der Waals surface area contributed by atoms with Gasteiger partial charge in [0, 0.05) is 23.1 Å². The number of nitrogens with zero attached hydrogens (tertiary/aromatic N) is 1. The lowest BCUT2D eigenvalue weighted by atomic mass is 10.1. The molecular formula is C24H29BrCl2N2O3. The van der Waals surface area contributed by atoms with E-state index in [1.165, 1.54) is 4.90 Å². The van der Waals surface area contributed by atoms with Crippen molar-refractivity contribution in [2.24, 2.45) is 5.92 Å². The number of aryl methyl sites for hydroxylation is 1. The highest BCUT2D eigenvalue weighted by molar-refractivity contribution is 9.10. The summed E-state index contributed by atoms with van der Waals surface area (Å²) in [6.07, 6.45) is 0.899. The second-order valence-corrected chi connectivity index (χ2v) is 9.68. The maximum Gasteiger partial charge on any atom is 0.261 e. The van der Waals surface area contributed by atoms with Gasteiger partial charge in [-0.15, -0.1) is 0 Å². The number of amides is 2. The first kappa shape index (κ1) is 26.5. The van der Waals surface area contributed by atoms with Crippen LogP contribution in [0.4, 0.5) is 0 Å². The molecule has 0 aliphatic carbocycles. The molecule has 2 aromatic rings. The first-order chi connectivity index (χ1) is 15.1. The van der Waals surface area contributed by atoms with E-state index in [1.54, 1.807) is 25.1 Å². The predicted octanol–water partition coefficient (Wildman–Crippen LogP) is 5.89. The summed E-state index contributed by atoms with van der Waals surface area (Å²) in [6, 6.07) is 10.1. The van der Waals surface area contributed by atoms with Crippen molar-refractivity contribution in [2.45, 2.75) is 46.7 Å². The number of hydrogen-bond donors (Lipinski definition) is 1. The van der Waals surface area contributed by atoms with Crippen LogP contribution in [0, 0.1) is 5.92 Å². The zero-order valence-electron chi connectivity index (χ0n) is 18.8. The third-order valence-corrected chi connectivity index (χ3v) is 6.17. The van der Waals surface area contributed by atoms with Gasteiger partial charge < -0.3 is 15.0 Å². The van der Waals surface area contributed by atoms with Gasteiger partial charge in [-0.25, -0.2) is 0 Å². The Morgan fingerprint density at radius 2 is 1.84 bits per heavy atom. The molecule has 2 amide bonds. The summed E-state index contributed by atoms with van der Waals surface area (Å²) < 4.78 is 6.55. The highest BCUT2D eigenvalue weighted by Gasteiger charge is 2.27. The SMILES string of the molecule is CCc1ccc(OCC(=O)N(Cc2ccc(Cl)cc2Cl)C(C)C(=O)NCC(C)C)c(Br)c1. The lowest BCUT2D eigenvalue weighted by molar-refractivity contribution is -0.142. The summed E-state index contributed by atoms with van der Waals surface area (Å²) in [5.41, 5.74) is 1.85. The molecule has 174 valence electrons. The Morgan fingerprint density at radius 1 is 1.12 bits per heavy atom. The molecule has 0 aromatic heterocycles. The van der Waals surface area contributed by atoms with E-state index in [2.05, 4.69) is 28.2 Å². The van der Waals surface area contributed by atoms with Gasteiger partial charge in [-0.2, -0.15) is 0 Å². The molecule has 1 unspecified atom stereocenters. The van der Waals surface area contributed by atoms with Gasteiger partial charge in [0.25, 0.3) is 5.91 Å². The molecule has 32 heavy (non-hydrogen) atoms. The molecule has 0 radical (unpaired) electrons. The molecule has 0 fully saturated rings. The molecule has 0 saturated carbocycles. The fourth-order valence-corrected chi connectivity index (χ4v) is 3.98. The van der Waals surface area contributed by atoms with Crippen LogP contribution in [0.3, 0.4) is 0 Å². The van der Waals surface area contributed by atoms with Crippen molar-refractivity contribution in [1.29, 1.82) is 0 Å². The van der Waals surface area contributed by atoms with Gasteiger partial charge in [0.15, 0.2) is 6.61 Å². The van der Waals surface area contributed by atoms with Crippen LogP contribution in [0.25, 0.3) is 0 Å². The van der Waals surface area contributed by atoms with E-state index in [-0.39, 0.29) is 25.0 Å². The summed E-state index contributed by atoms with van der Waals surface area (Å²) in [5, 5.41) is 3.82. The van der Waals surface area contributed by atoms with Gasteiger partial charge >= 0.3 is 0 Å². The molecular weight excluding hydrogens is 515 g/mol. The topological polar surface area (TPSA) is 58.6 Å². The van der Waals surface area contributed by atoms with Crippen LogP contribution >= 0.6 is 39.1 Å². The van der Waals surface area contributed by atoms with Gasteiger partial charge in [-0.1, -0.05) is 56.1 Å². The monoisotopic (exact) mass is 542 g/mol. The summed E-state index contributed by atoms with van der Waals surface area (Å²) in [6.45, 7) is 8.26. The van der Waals surface area contributed by atoms with E-state index in [0.717, 1.165) is 16.5 Å². The summed E-state index contributed by atoms with van der Waals surface area (Å²) >= 11 is 15.8. The van der Waals surface area contributed by atoms with Crippen LogP contribution < -0.4 is 10.1 Å². The fraction of sp³-hybridized carbons (Fsp3) is 0.417. The third-order valence-electron chi connectivity index (χ3n) is 4.96. The van der Waals surface area contributed by atoms with E-state index in [0.29, 0.717) is 33.8 Å². The Bertz CT molecular complexity index is 953.